The molecule has 0 radical (unpaired) electrons. The molecule has 3 rings (SSSR count). The van der Waals surface area contributed by atoms with E-state index in [1.807, 2.05) is 18.2 Å². The summed E-state index contributed by atoms with van der Waals surface area (Å²) in [6.07, 6.45) is 6.00. The van der Waals surface area contributed by atoms with Crippen LogP contribution in [0.4, 0.5) is 0 Å². The standard InChI is InChI=1S/C14H16N2O2/c17-14(18)13(9-3-1-2-4-9)10-5-6-11-12(7-10)16-8-15-11/h5-9,13H,1-4H2,(H,15,16)(H,17,18). The normalized spacial score (nSPS) is 18.2. The number of aliphatic carboxylic acids is 1. The Morgan fingerprint density at radius 2 is 2.17 bits per heavy atom. The molecule has 0 saturated heterocycles. The molecule has 4 heteroatoms. The molecule has 0 bridgehead atoms. The van der Waals surface area contributed by atoms with Gasteiger partial charge in [0.1, 0.15) is 0 Å². The summed E-state index contributed by atoms with van der Waals surface area (Å²) in [5, 5.41) is 9.48. The van der Waals surface area contributed by atoms with Crippen molar-refractivity contribution in [3.63, 3.8) is 0 Å². The number of carboxylic acids is 1. The highest BCUT2D eigenvalue weighted by Gasteiger charge is 2.31. The highest BCUT2D eigenvalue weighted by Crippen LogP contribution is 2.38. The number of hydrogen-bond donors (Lipinski definition) is 2. The predicted molar refractivity (Wildman–Crippen MR) is 68.4 cm³/mol. The van der Waals surface area contributed by atoms with Gasteiger partial charge >= 0.3 is 5.97 Å². The zero-order valence-corrected chi connectivity index (χ0v) is 10.1. The maximum absolute atomic E-state index is 11.5. The minimum atomic E-state index is -0.708. The summed E-state index contributed by atoms with van der Waals surface area (Å²) in [5.74, 6) is -0.802. The molecular formula is C14H16N2O2. The number of benzene rings is 1. The molecule has 1 heterocycles. The second-order valence-electron chi connectivity index (χ2n) is 5.04. The van der Waals surface area contributed by atoms with Crippen molar-refractivity contribution < 1.29 is 9.90 Å². The summed E-state index contributed by atoms with van der Waals surface area (Å²) >= 11 is 0. The maximum Gasteiger partial charge on any atom is 0.311 e. The van der Waals surface area contributed by atoms with Crippen molar-refractivity contribution in [2.45, 2.75) is 31.6 Å². The first-order valence-corrected chi connectivity index (χ1v) is 6.41. The van der Waals surface area contributed by atoms with Gasteiger partial charge in [0.2, 0.25) is 0 Å². The summed E-state index contributed by atoms with van der Waals surface area (Å²) < 4.78 is 0. The van der Waals surface area contributed by atoms with E-state index in [4.69, 9.17) is 0 Å². The van der Waals surface area contributed by atoms with Crippen LogP contribution in [0.5, 0.6) is 0 Å². The Morgan fingerprint density at radius 3 is 2.89 bits per heavy atom. The van der Waals surface area contributed by atoms with Crippen molar-refractivity contribution in [1.29, 1.82) is 0 Å². The minimum Gasteiger partial charge on any atom is -0.481 e. The number of hydrogen-bond acceptors (Lipinski definition) is 2. The van der Waals surface area contributed by atoms with Crippen LogP contribution >= 0.6 is 0 Å². The van der Waals surface area contributed by atoms with Crippen LogP contribution in [-0.4, -0.2) is 21.0 Å². The van der Waals surface area contributed by atoms with Gasteiger partial charge in [0.25, 0.3) is 0 Å². The van der Waals surface area contributed by atoms with Gasteiger partial charge < -0.3 is 10.1 Å². The van der Waals surface area contributed by atoms with Crippen LogP contribution in [-0.2, 0) is 4.79 Å². The predicted octanol–water partition coefficient (Wildman–Crippen LogP) is 2.92. The van der Waals surface area contributed by atoms with E-state index in [-0.39, 0.29) is 11.8 Å². The Balaban J connectivity index is 2.00. The van der Waals surface area contributed by atoms with Crippen molar-refractivity contribution >= 4 is 17.0 Å². The van der Waals surface area contributed by atoms with Crippen LogP contribution in [0.3, 0.4) is 0 Å². The molecule has 1 unspecified atom stereocenters. The highest BCUT2D eigenvalue weighted by molar-refractivity contribution is 5.81. The first-order valence-electron chi connectivity index (χ1n) is 6.41. The highest BCUT2D eigenvalue weighted by atomic mass is 16.4. The molecule has 18 heavy (non-hydrogen) atoms. The van der Waals surface area contributed by atoms with E-state index < -0.39 is 5.97 Å². The monoisotopic (exact) mass is 244 g/mol. The molecule has 0 spiro atoms. The summed E-state index contributed by atoms with van der Waals surface area (Å²) in [7, 11) is 0. The lowest BCUT2D eigenvalue weighted by Crippen LogP contribution is -2.19. The van der Waals surface area contributed by atoms with Gasteiger partial charge in [-0.15, -0.1) is 0 Å². The second kappa shape index (κ2) is 4.44. The van der Waals surface area contributed by atoms with Crippen LogP contribution in [0.2, 0.25) is 0 Å². The minimum absolute atomic E-state index is 0.280. The molecule has 1 atom stereocenters. The fourth-order valence-electron chi connectivity index (χ4n) is 3.05. The van der Waals surface area contributed by atoms with Crippen molar-refractivity contribution in [2.75, 3.05) is 0 Å². The van der Waals surface area contributed by atoms with Gasteiger partial charge in [-0.2, -0.15) is 0 Å². The SMILES string of the molecule is O=C(O)C(c1ccc2nc[nH]c2c1)C1CCCC1. The van der Waals surface area contributed by atoms with Crippen LogP contribution in [0, 0.1) is 5.92 Å². The number of aromatic nitrogens is 2. The lowest BCUT2D eigenvalue weighted by Gasteiger charge is -2.19. The third-order valence-corrected chi connectivity index (χ3v) is 3.94. The average Bonchev–Trinajstić information content (AvgIpc) is 2.98. The van der Waals surface area contributed by atoms with E-state index in [1.54, 1.807) is 6.33 Å². The number of carboxylic acid groups (broad SMARTS) is 1. The van der Waals surface area contributed by atoms with E-state index in [9.17, 15) is 9.90 Å². The average molecular weight is 244 g/mol. The van der Waals surface area contributed by atoms with Crippen LogP contribution in [0.25, 0.3) is 11.0 Å². The summed E-state index contributed by atoms with van der Waals surface area (Å²) in [6.45, 7) is 0. The Morgan fingerprint density at radius 1 is 1.39 bits per heavy atom. The molecule has 2 N–H and O–H groups in total. The van der Waals surface area contributed by atoms with Gasteiger partial charge in [0.15, 0.2) is 0 Å². The van der Waals surface area contributed by atoms with Crippen molar-refractivity contribution in [3.8, 4) is 0 Å². The molecule has 1 aromatic carbocycles. The molecule has 1 aromatic heterocycles. The molecule has 0 aliphatic heterocycles. The van der Waals surface area contributed by atoms with Crippen LogP contribution in [0.1, 0.15) is 37.2 Å². The van der Waals surface area contributed by atoms with Gasteiger partial charge in [-0.05, 0) is 36.5 Å². The Bertz CT molecular complexity index is 570. The summed E-state index contributed by atoms with van der Waals surface area (Å²) in [4.78, 5) is 18.7. The number of aromatic amines is 1. The van der Waals surface area contributed by atoms with Crippen molar-refractivity contribution in [1.82, 2.24) is 9.97 Å². The van der Waals surface area contributed by atoms with Crippen LogP contribution in [0.15, 0.2) is 24.5 Å². The summed E-state index contributed by atoms with van der Waals surface area (Å²) in [5.41, 5.74) is 2.69. The first-order chi connectivity index (χ1) is 8.75. The zero-order valence-electron chi connectivity index (χ0n) is 10.1. The molecule has 0 amide bonds. The second-order valence-corrected chi connectivity index (χ2v) is 5.04. The first kappa shape index (κ1) is 11.3. The number of rotatable bonds is 3. The molecule has 2 aromatic rings. The maximum atomic E-state index is 11.5. The molecular weight excluding hydrogens is 228 g/mol. The molecule has 1 aliphatic rings. The van der Waals surface area contributed by atoms with Crippen LogP contribution < -0.4 is 0 Å². The van der Waals surface area contributed by atoms with Gasteiger partial charge in [-0.3, -0.25) is 4.79 Å². The van der Waals surface area contributed by atoms with Gasteiger partial charge in [0.05, 0.1) is 23.3 Å². The Labute approximate surface area is 105 Å². The Hall–Kier alpha value is -1.84. The number of H-pyrrole nitrogens is 1. The molecule has 94 valence electrons. The number of fused-ring (bicyclic) bond motifs is 1. The lowest BCUT2D eigenvalue weighted by atomic mass is 9.85. The van der Waals surface area contributed by atoms with E-state index in [0.717, 1.165) is 42.3 Å². The molecule has 4 nitrogen and oxygen atoms in total. The number of nitrogens with zero attached hydrogens (tertiary/aromatic N) is 1. The number of imidazole rings is 1. The van der Waals surface area contributed by atoms with E-state index in [1.165, 1.54) is 0 Å². The Kier molecular flexibility index (Phi) is 2.78. The zero-order chi connectivity index (χ0) is 12.5. The fraction of sp³-hybridized carbons (Fsp3) is 0.429. The fourth-order valence-corrected chi connectivity index (χ4v) is 3.05. The van der Waals surface area contributed by atoms with Gasteiger partial charge in [-0.1, -0.05) is 18.9 Å². The number of carbonyl (C=O) groups is 1. The third-order valence-electron chi connectivity index (χ3n) is 3.94. The van der Waals surface area contributed by atoms with Crippen molar-refractivity contribution in [2.24, 2.45) is 5.92 Å². The van der Waals surface area contributed by atoms with Gasteiger partial charge in [0, 0.05) is 0 Å². The molecule has 1 fully saturated rings. The topological polar surface area (TPSA) is 66.0 Å². The molecule has 1 saturated carbocycles. The quantitative estimate of drug-likeness (QED) is 0.872. The molecule has 1 aliphatic carbocycles. The van der Waals surface area contributed by atoms with E-state index in [0.29, 0.717) is 0 Å². The third kappa shape index (κ3) is 1.88. The lowest BCUT2D eigenvalue weighted by molar-refractivity contribution is -0.140. The smallest absolute Gasteiger partial charge is 0.311 e. The van der Waals surface area contributed by atoms with Crippen molar-refractivity contribution in [3.05, 3.63) is 30.1 Å². The van der Waals surface area contributed by atoms with E-state index in [2.05, 4.69) is 9.97 Å². The van der Waals surface area contributed by atoms with Gasteiger partial charge in [-0.25, -0.2) is 4.98 Å². The van der Waals surface area contributed by atoms with E-state index >= 15 is 0 Å². The number of nitrogens with one attached hydrogen (secondary N) is 1. The largest absolute Gasteiger partial charge is 0.481 e. The summed E-state index contributed by atoms with van der Waals surface area (Å²) in [6, 6.07) is 5.73.